The molecule has 1 fully saturated rings. The summed E-state index contributed by atoms with van der Waals surface area (Å²) in [4.78, 5) is 23.0. The lowest BCUT2D eigenvalue weighted by atomic mass is 10.1. The van der Waals surface area contributed by atoms with Crippen molar-refractivity contribution in [1.82, 2.24) is 5.32 Å². The highest BCUT2D eigenvalue weighted by atomic mass is 16.7. The van der Waals surface area contributed by atoms with Crippen LogP contribution in [0.15, 0.2) is 24.3 Å². The molecule has 0 heterocycles. The minimum absolute atomic E-state index is 0.0164. The summed E-state index contributed by atoms with van der Waals surface area (Å²) in [6.45, 7) is 5.45. The molecule has 1 amide bonds. The van der Waals surface area contributed by atoms with E-state index in [0.717, 1.165) is 12.0 Å². The highest BCUT2D eigenvalue weighted by molar-refractivity contribution is 5.69. The van der Waals surface area contributed by atoms with E-state index in [9.17, 15) is 9.59 Å². The predicted molar refractivity (Wildman–Crippen MR) is 80.0 cm³/mol. The molecule has 0 bridgehead atoms. The second-order valence-corrected chi connectivity index (χ2v) is 6.19. The zero-order valence-corrected chi connectivity index (χ0v) is 13.2. The summed E-state index contributed by atoms with van der Waals surface area (Å²) in [6, 6.07) is 7.20. The van der Waals surface area contributed by atoms with Gasteiger partial charge in [-0.25, -0.2) is 9.59 Å². The summed E-state index contributed by atoms with van der Waals surface area (Å²) in [6.07, 6.45) is -0.419. The van der Waals surface area contributed by atoms with Gasteiger partial charge in [-0.15, -0.1) is 0 Å². The molecule has 0 radical (unpaired) electrons. The molecule has 6 nitrogen and oxygen atoms in total. The fraction of sp³-hybridized carbons (Fsp3) is 0.500. The van der Waals surface area contributed by atoms with E-state index in [1.807, 2.05) is 32.9 Å². The summed E-state index contributed by atoms with van der Waals surface area (Å²) in [5, 5.41) is 2.82. The molecule has 1 N–H and O–H groups in total. The number of benzene rings is 1. The Labute approximate surface area is 129 Å². The highest BCUT2D eigenvalue weighted by Crippen LogP contribution is 2.44. The zero-order valence-electron chi connectivity index (χ0n) is 13.2. The molecule has 2 atom stereocenters. The largest absolute Gasteiger partial charge is 0.513 e. The first kappa shape index (κ1) is 16.1. The lowest BCUT2D eigenvalue weighted by molar-refractivity contribution is 0.0522. The SMILES string of the molecule is COC(=O)Oc1ccccc1C1CC1NC(=O)OC(C)(C)C. The molecule has 120 valence electrons. The molecule has 2 unspecified atom stereocenters. The Bertz CT molecular complexity index is 564. The van der Waals surface area contributed by atoms with Crippen molar-refractivity contribution in [1.29, 1.82) is 0 Å². The molecule has 1 aliphatic rings. The van der Waals surface area contributed by atoms with Crippen molar-refractivity contribution in [2.24, 2.45) is 0 Å². The van der Waals surface area contributed by atoms with E-state index >= 15 is 0 Å². The molecule has 1 aromatic rings. The van der Waals surface area contributed by atoms with Crippen LogP contribution in [0.25, 0.3) is 0 Å². The van der Waals surface area contributed by atoms with Crippen molar-refractivity contribution >= 4 is 12.2 Å². The minimum atomic E-state index is -0.759. The van der Waals surface area contributed by atoms with Gasteiger partial charge in [0.2, 0.25) is 0 Å². The molecular weight excluding hydrogens is 286 g/mol. The van der Waals surface area contributed by atoms with Gasteiger partial charge in [0.05, 0.1) is 7.11 Å². The van der Waals surface area contributed by atoms with E-state index in [2.05, 4.69) is 10.1 Å². The van der Waals surface area contributed by atoms with E-state index in [1.54, 1.807) is 12.1 Å². The third-order valence-electron chi connectivity index (χ3n) is 3.17. The quantitative estimate of drug-likeness (QED) is 0.685. The van der Waals surface area contributed by atoms with Crippen LogP contribution in [0.3, 0.4) is 0 Å². The van der Waals surface area contributed by atoms with Crippen LogP contribution in [0.1, 0.15) is 38.7 Å². The third kappa shape index (κ3) is 4.38. The molecule has 6 heteroatoms. The van der Waals surface area contributed by atoms with Crippen molar-refractivity contribution in [3.05, 3.63) is 29.8 Å². The maximum Gasteiger partial charge on any atom is 0.513 e. The second-order valence-electron chi connectivity index (χ2n) is 6.19. The average molecular weight is 307 g/mol. The summed E-state index contributed by atoms with van der Waals surface area (Å²) in [5.74, 6) is 0.557. The number of nitrogens with one attached hydrogen (secondary N) is 1. The second kappa shape index (κ2) is 6.25. The van der Waals surface area contributed by atoms with Crippen LogP contribution < -0.4 is 10.1 Å². The van der Waals surface area contributed by atoms with Crippen LogP contribution in [0.2, 0.25) is 0 Å². The van der Waals surface area contributed by atoms with Gasteiger partial charge in [-0.2, -0.15) is 0 Å². The fourth-order valence-electron chi connectivity index (χ4n) is 2.17. The Balaban J connectivity index is 1.97. The van der Waals surface area contributed by atoms with E-state index in [1.165, 1.54) is 7.11 Å². The van der Waals surface area contributed by atoms with Crippen LogP contribution in [0.5, 0.6) is 5.75 Å². The number of rotatable bonds is 3. The van der Waals surface area contributed by atoms with Gasteiger partial charge < -0.3 is 19.5 Å². The van der Waals surface area contributed by atoms with Gasteiger partial charge in [0, 0.05) is 17.5 Å². The average Bonchev–Trinajstić information content (AvgIpc) is 3.15. The van der Waals surface area contributed by atoms with E-state index in [-0.39, 0.29) is 12.0 Å². The van der Waals surface area contributed by atoms with E-state index in [4.69, 9.17) is 9.47 Å². The monoisotopic (exact) mass is 307 g/mol. The van der Waals surface area contributed by atoms with Gasteiger partial charge in [-0.3, -0.25) is 0 Å². The highest BCUT2D eigenvalue weighted by Gasteiger charge is 2.42. The van der Waals surface area contributed by atoms with Crippen molar-refractivity contribution in [2.75, 3.05) is 7.11 Å². The Hall–Kier alpha value is -2.24. The van der Waals surface area contributed by atoms with Gasteiger partial charge in [-0.1, -0.05) is 18.2 Å². The van der Waals surface area contributed by atoms with Gasteiger partial charge >= 0.3 is 12.2 Å². The van der Waals surface area contributed by atoms with Gasteiger partial charge in [0.15, 0.2) is 0 Å². The summed E-state index contributed by atoms with van der Waals surface area (Å²) >= 11 is 0. The Morgan fingerprint density at radius 3 is 2.55 bits per heavy atom. The first-order valence-electron chi connectivity index (χ1n) is 7.14. The van der Waals surface area contributed by atoms with Gasteiger partial charge in [-0.05, 0) is 33.3 Å². The molecule has 0 aliphatic heterocycles. The van der Waals surface area contributed by atoms with Crippen LogP contribution in [-0.4, -0.2) is 31.0 Å². The normalized spacial score (nSPS) is 20.0. The number of carbonyl (C=O) groups excluding carboxylic acids is 2. The number of ether oxygens (including phenoxy) is 3. The minimum Gasteiger partial charge on any atom is -0.444 e. The molecule has 0 aromatic heterocycles. The van der Waals surface area contributed by atoms with Crippen molar-refractivity contribution in [3.8, 4) is 5.75 Å². The van der Waals surface area contributed by atoms with E-state index < -0.39 is 17.8 Å². The number of amides is 1. The van der Waals surface area contributed by atoms with Crippen molar-refractivity contribution in [2.45, 2.75) is 44.8 Å². The third-order valence-corrected chi connectivity index (χ3v) is 3.17. The Kier molecular flexibility index (Phi) is 4.59. The standard InChI is InChI=1S/C16H21NO5/c1-16(2,3)22-14(18)17-12-9-11(12)10-7-5-6-8-13(10)21-15(19)20-4/h5-8,11-12H,9H2,1-4H3,(H,17,18). The molecule has 22 heavy (non-hydrogen) atoms. The number of hydrogen-bond donors (Lipinski definition) is 1. The number of alkyl carbamates (subject to hydrolysis) is 1. The van der Waals surface area contributed by atoms with Crippen LogP contribution in [0, 0.1) is 0 Å². The first-order chi connectivity index (χ1) is 10.3. The van der Waals surface area contributed by atoms with Crippen molar-refractivity contribution in [3.63, 3.8) is 0 Å². The number of para-hydroxylation sites is 1. The number of methoxy groups -OCH3 is 1. The summed E-state index contributed by atoms with van der Waals surface area (Å²) < 4.78 is 14.9. The number of hydrogen-bond acceptors (Lipinski definition) is 5. The first-order valence-corrected chi connectivity index (χ1v) is 7.14. The van der Waals surface area contributed by atoms with E-state index in [0.29, 0.717) is 5.75 Å². The van der Waals surface area contributed by atoms with Crippen LogP contribution >= 0.6 is 0 Å². The topological polar surface area (TPSA) is 73.9 Å². The maximum atomic E-state index is 11.8. The fourth-order valence-corrected chi connectivity index (χ4v) is 2.17. The summed E-state index contributed by atoms with van der Waals surface area (Å²) in [7, 11) is 1.26. The maximum absolute atomic E-state index is 11.8. The van der Waals surface area contributed by atoms with Crippen LogP contribution in [0.4, 0.5) is 9.59 Å². The van der Waals surface area contributed by atoms with Gasteiger partial charge in [0.1, 0.15) is 11.4 Å². The van der Waals surface area contributed by atoms with Gasteiger partial charge in [0.25, 0.3) is 0 Å². The zero-order chi connectivity index (χ0) is 16.3. The van der Waals surface area contributed by atoms with Crippen LogP contribution in [-0.2, 0) is 9.47 Å². The van der Waals surface area contributed by atoms with Crippen molar-refractivity contribution < 1.29 is 23.8 Å². The molecule has 0 spiro atoms. The molecule has 1 aromatic carbocycles. The molecule has 0 saturated heterocycles. The predicted octanol–water partition coefficient (Wildman–Crippen LogP) is 3.21. The Morgan fingerprint density at radius 2 is 1.91 bits per heavy atom. The lowest BCUT2D eigenvalue weighted by Gasteiger charge is -2.19. The smallest absolute Gasteiger partial charge is 0.444 e. The number of carbonyl (C=O) groups is 2. The Morgan fingerprint density at radius 1 is 1.23 bits per heavy atom. The lowest BCUT2D eigenvalue weighted by Crippen LogP contribution is -2.34. The molecule has 1 saturated carbocycles. The summed E-state index contributed by atoms with van der Waals surface area (Å²) in [5.41, 5.74) is 0.342. The molecular formula is C16H21NO5. The molecule has 2 rings (SSSR count). The molecule has 1 aliphatic carbocycles.